The van der Waals surface area contributed by atoms with Crippen LogP contribution in [0.5, 0.6) is 23.0 Å². The molecule has 1 aliphatic carbocycles. The molecule has 3 rings (SSSR count). The molecule has 0 spiro atoms. The number of phenolic OH excluding ortho intramolecular Hbond substituents is 4. The normalized spacial score (nSPS) is 23.5. The van der Waals surface area contributed by atoms with Gasteiger partial charge in [0.05, 0.1) is 0 Å². The molecule has 0 heterocycles. The summed E-state index contributed by atoms with van der Waals surface area (Å²) in [6.07, 6.45) is 0.930. The van der Waals surface area contributed by atoms with E-state index in [-0.39, 0.29) is 40.8 Å². The van der Waals surface area contributed by atoms with Crippen LogP contribution < -0.4 is 0 Å². The van der Waals surface area contributed by atoms with E-state index in [9.17, 15) is 20.4 Å². The summed E-state index contributed by atoms with van der Waals surface area (Å²) in [5, 5.41) is 38.9. The van der Waals surface area contributed by atoms with Gasteiger partial charge in [-0.2, -0.15) is 0 Å². The van der Waals surface area contributed by atoms with E-state index in [0.717, 1.165) is 23.1 Å². The quantitative estimate of drug-likeness (QED) is 0.636. The van der Waals surface area contributed by atoms with Crippen LogP contribution in [0, 0.1) is 5.92 Å². The van der Waals surface area contributed by atoms with Gasteiger partial charge in [-0.05, 0) is 59.2 Å². The highest BCUT2D eigenvalue weighted by Crippen LogP contribution is 2.53. The molecule has 0 radical (unpaired) electrons. The number of rotatable bonds is 2. The Morgan fingerprint density at radius 3 is 2.00 bits per heavy atom. The van der Waals surface area contributed by atoms with E-state index in [4.69, 9.17) is 0 Å². The van der Waals surface area contributed by atoms with Gasteiger partial charge in [-0.15, -0.1) is 0 Å². The van der Waals surface area contributed by atoms with Crippen molar-refractivity contribution in [3.8, 4) is 23.0 Å². The van der Waals surface area contributed by atoms with Crippen molar-refractivity contribution in [2.45, 2.75) is 32.1 Å². The van der Waals surface area contributed by atoms with Crippen LogP contribution in [0.25, 0.3) is 0 Å². The Kier molecular flexibility index (Phi) is 3.39. The van der Waals surface area contributed by atoms with Crippen LogP contribution in [0.4, 0.5) is 0 Å². The van der Waals surface area contributed by atoms with Gasteiger partial charge < -0.3 is 20.4 Å². The summed E-state index contributed by atoms with van der Waals surface area (Å²) in [5.41, 5.74) is 2.91. The fourth-order valence-corrected chi connectivity index (χ4v) is 3.81. The second kappa shape index (κ2) is 5.13. The molecule has 4 nitrogen and oxygen atoms in total. The Hall–Kier alpha value is -2.36. The second-order valence-corrected chi connectivity index (χ2v) is 6.07. The molecule has 0 aliphatic heterocycles. The average Bonchev–Trinajstić information content (AvgIpc) is 2.74. The van der Waals surface area contributed by atoms with Crippen LogP contribution in [0.2, 0.25) is 0 Å². The molecule has 1 aliphatic rings. The third kappa shape index (κ3) is 2.06. The maximum atomic E-state index is 9.85. The lowest BCUT2D eigenvalue weighted by Crippen LogP contribution is -2.09. The Morgan fingerprint density at radius 2 is 1.41 bits per heavy atom. The highest BCUT2D eigenvalue weighted by molar-refractivity contribution is 5.55. The van der Waals surface area contributed by atoms with Gasteiger partial charge >= 0.3 is 0 Å². The molecule has 2 aromatic rings. The standard InChI is InChI=1S/C18H20O4/c1-3-11-9(2)18(10-4-5-14(19)15(20)6-10)13-8-17(22)16(21)7-12(11)13/h4-9,11,18-22H,3H2,1-2H3/t9?,11?,18-/m1/s1. The van der Waals surface area contributed by atoms with E-state index in [0.29, 0.717) is 0 Å². The second-order valence-electron chi connectivity index (χ2n) is 6.07. The predicted molar refractivity (Wildman–Crippen MR) is 83.6 cm³/mol. The molecule has 2 unspecified atom stereocenters. The van der Waals surface area contributed by atoms with Gasteiger partial charge in [0.2, 0.25) is 0 Å². The van der Waals surface area contributed by atoms with E-state index in [1.807, 2.05) is 0 Å². The summed E-state index contributed by atoms with van der Waals surface area (Å²) in [6.45, 7) is 4.24. The molecular weight excluding hydrogens is 280 g/mol. The molecule has 3 atom stereocenters. The molecule has 4 N–H and O–H groups in total. The topological polar surface area (TPSA) is 80.9 Å². The van der Waals surface area contributed by atoms with Crippen LogP contribution in [-0.4, -0.2) is 20.4 Å². The zero-order valence-corrected chi connectivity index (χ0v) is 12.6. The van der Waals surface area contributed by atoms with E-state index < -0.39 is 0 Å². The Bertz CT molecular complexity index is 723. The van der Waals surface area contributed by atoms with Crippen molar-refractivity contribution in [1.29, 1.82) is 0 Å². The third-order valence-electron chi connectivity index (χ3n) is 4.87. The van der Waals surface area contributed by atoms with Gasteiger partial charge in [0.25, 0.3) is 0 Å². The summed E-state index contributed by atoms with van der Waals surface area (Å²) in [4.78, 5) is 0. The summed E-state index contributed by atoms with van der Waals surface area (Å²) in [5.74, 6) is 0.0456. The minimum Gasteiger partial charge on any atom is -0.504 e. The van der Waals surface area contributed by atoms with E-state index in [2.05, 4.69) is 13.8 Å². The van der Waals surface area contributed by atoms with Gasteiger partial charge in [-0.3, -0.25) is 0 Å². The van der Waals surface area contributed by atoms with Gasteiger partial charge in [-0.25, -0.2) is 0 Å². The Morgan fingerprint density at radius 1 is 0.818 bits per heavy atom. The Balaban J connectivity index is 2.17. The van der Waals surface area contributed by atoms with Crippen LogP contribution in [-0.2, 0) is 0 Å². The van der Waals surface area contributed by atoms with E-state index in [1.165, 1.54) is 6.07 Å². The smallest absolute Gasteiger partial charge is 0.157 e. The summed E-state index contributed by atoms with van der Waals surface area (Å²) < 4.78 is 0. The van der Waals surface area contributed by atoms with E-state index >= 15 is 0 Å². The first-order chi connectivity index (χ1) is 10.4. The lowest BCUT2D eigenvalue weighted by molar-refractivity contribution is 0.400. The van der Waals surface area contributed by atoms with Crippen LogP contribution >= 0.6 is 0 Å². The number of aromatic hydroxyl groups is 4. The molecule has 0 saturated heterocycles. The predicted octanol–water partition coefficient (Wildman–Crippen LogP) is 3.78. The zero-order chi connectivity index (χ0) is 16.0. The van der Waals surface area contributed by atoms with Crippen LogP contribution in [0.1, 0.15) is 48.8 Å². The molecule has 2 aromatic carbocycles. The van der Waals surface area contributed by atoms with Gasteiger partial charge in [0.1, 0.15) is 0 Å². The van der Waals surface area contributed by atoms with Crippen molar-refractivity contribution in [3.63, 3.8) is 0 Å². The fourth-order valence-electron chi connectivity index (χ4n) is 3.81. The first kappa shape index (κ1) is 14.6. The minimum atomic E-state index is -0.144. The van der Waals surface area contributed by atoms with E-state index in [1.54, 1.807) is 24.3 Å². The van der Waals surface area contributed by atoms with Gasteiger partial charge in [-0.1, -0.05) is 19.9 Å². The maximum absolute atomic E-state index is 9.85. The van der Waals surface area contributed by atoms with Crippen molar-refractivity contribution in [1.82, 2.24) is 0 Å². The summed E-state index contributed by atoms with van der Waals surface area (Å²) in [7, 11) is 0. The number of hydrogen-bond acceptors (Lipinski definition) is 4. The third-order valence-corrected chi connectivity index (χ3v) is 4.87. The highest BCUT2D eigenvalue weighted by atomic mass is 16.3. The van der Waals surface area contributed by atoms with Crippen molar-refractivity contribution in [3.05, 3.63) is 47.0 Å². The molecule has 0 bridgehead atoms. The largest absolute Gasteiger partial charge is 0.504 e. The number of hydrogen-bond donors (Lipinski definition) is 4. The molecule has 22 heavy (non-hydrogen) atoms. The van der Waals surface area contributed by atoms with Crippen molar-refractivity contribution in [2.24, 2.45) is 5.92 Å². The molecular formula is C18H20O4. The van der Waals surface area contributed by atoms with Crippen molar-refractivity contribution < 1.29 is 20.4 Å². The average molecular weight is 300 g/mol. The summed E-state index contributed by atoms with van der Waals surface area (Å²) in [6, 6.07) is 8.11. The first-order valence-electron chi connectivity index (χ1n) is 7.51. The monoisotopic (exact) mass is 300 g/mol. The van der Waals surface area contributed by atoms with Gasteiger partial charge in [0.15, 0.2) is 23.0 Å². The molecule has 0 amide bonds. The van der Waals surface area contributed by atoms with Crippen molar-refractivity contribution >= 4 is 0 Å². The lowest BCUT2D eigenvalue weighted by Gasteiger charge is -2.21. The SMILES string of the molecule is CCC1c2cc(O)c(O)cc2[C@@H](c2ccc(O)c(O)c2)C1C. The number of fused-ring (bicyclic) bond motifs is 1. The molecule has 0 saturated carbocycles. The van der Waals surface area contributed by atoms with Crippen LogP contribution in [0.15, 0.2) is 30.3 Å². The molecule has 116 valence electrons. The van der Waals surface area contributed by atoms with Crippen molar-refractivity contribution in [2.75, 3.05) is 0 Å². The molecule has 0 aromatic heterocycles. The number of benzene rings is 2. The Labute approximate surface area is 129 Å². The lowest BCUT2D eigenvalue weighted by atomic mass is 9.83. The zero-order valence-electron chi connectivity index (χ0n) is 12.6. The first-order valence-corrected chi connectivity index (χ1v) is 7.51. The minimum absolute atomic E-state index is 0.0120. The van der Waals surface area contributed by atoms with Crippen LogP contribution in [0.3, 0.4) is 0 Å². The highest BCUT2D eigenvalue weighted by Gasteiger charge is 2.38. The van der Waals surface area contributed by atoms with Gasteiger partial charge in [0, 0.05) is 5.92 Å². The molecule has 4 heteroatoms. The number of phenols is 4. The maximum Gasteiger partial charge on any atom is 0.157 e. The fraction of sp³-hybridized carbons (Fsp3) is 0.333. The summed E-state index contributed by atoms with van der Waals surface area (Å²) >= 11 is 0. The molecule has 0 fully saturated rings.